The van der Waals surface area contributed by atoms with Gasteiger partial charge in [0.25, 0.3) is 0 Å². The van der Waals surface area contributed by atoms with E-state index in [1.807, 2.05) is 41.5 Å². The first-order chi connectivity index (χ1) is 8.54. The SMILES string of the molecule is C/C(=C\NC(=O)NC(CC(C)C)C(=O)O)C(C)(C)C. The average Bonchev–Trinajstić information content (AvgIpc) is 2.22. The van der Waals surface area contributed by atoms with Gasteiger partial charge in [0.15, 0.2) is 0 Å². The molecule has 0 fully saturated rings. The van der Waals surface area contributed by atoms with Crippen LogP contribution < -0.4 is 10.6 Å². The quantitative estimate of drug-likeness (QED) is 0.718. The topological polar surface area (TPSA) is 78.4 Å². The van der Waals surface area contributed by atoms with Gasteiger partial charge in [-0.15, -0.1) is 0 Å². The fourth-order valence-electron chi connectivity index (χ4n) is 1.28. The van der Waals surface area contributed by atoms with Crippen LogP contribution in [0.4, 0.5) is 4.79 Å². The Balaban J connectivity index is 4.48. The van der Waals surface area contributed by atoms with E-state index < -0.39 is 18.0 Å². The van der Waals surface area contributed by atoms with E-state index in [0.717, 1.165) is 5.57 Å². The second-order valence-corrected chi connectivity index (χ2v) is 6.22. The van der Waals surface area contributed by atoms with Crippen LogP contribution in [-0.4, -0.2) is 23.1 Å². The summed E-state index contributed by atoms with van der Waals surface area (Å²) in [5, 5.41) is 14.1. The normalized spacial score (nSPS) is 14.2. The van der Waals surface area contributed by atoms with Gasteiger partial charge in [-0.25, -0.2) is 9.59 Å². The van der Waals surface area contributed by atoms with Gasteiger partial charge >= 0.3 is 12.0 Å². The molecule has 0 aliphatic carbocycles. The molecular weight excluding hydrogens is 244 g/mol. The average molecular weight is 270 g/mol. The first kappa shape index (κ1) is 17.5. The number of urea groups is 1. The summed E-state index contributed by atoms with van der Waals surface area (Å²) >= 11 is 0. The van der Waals surface area contributed by atoms with E-state index in [9.17, 15) is 9.59 Å². The van der Waals surface area contributed by atoms with E-state index in [0.29, 0.717) is 6.42 Å². The van der Waals surface area contributed by atoms with Crippen molar-refractivity contribution in [2.24, 2.45) is 11.3 Å². The zero-order valence-electron chi connectivity index (χ0n) is 12.7. The number of hydrogen-bond donors (Lipinski definition) is 3. The second-order valence-electron chi connectivity index (χ2n) is 6.22. The fourth-order valence-corrected chi connectivity index (χ4v) is 1.28. The largest absolute Gasteiger partial charge is 0.480 e. The Kier molecular flexibility index (Phi) is 6.59. The summed E-state index contributed by atoms with van der Waals surface area (Å²) in [4.78, 5) is 22.7. The molecule has 0 aliphatic rings. The molecular formula is C14H26N2O3. The number of carboxylic acid groups (broad SMARTS) is 1. The van der Waals surface area contributed by atoms with Gasteiger partial charge in [-0.3, -0.25) is 0 Å². The molecule has 0 heterocycles. The molecule has 0 saturated heterocycles. The summed E-state index contributed by atoms with van der Waals surface area (Å²) in [6, 6.07) is -1.35. The van der Waals surface area contributed by atoms with Crippen molar-refractivity contribution < 1.29 is 14.7 Å². The minimum Gasteiger partial charge on any atom is -0.480 e. The molecule has 2 amide bonds. The minimum absolute atomic E-state index is 0.0303. The number of rotatable bonds is 5. The van der Waals surface area contributed by atoms with Crippen molar-refractivity contribution in [2.75, 3.05) is 0 Å². The van der Waals surface area contributed by atoms with Gasteiger partial charge in [0.1, 0.15) is 6.04 Å². The van der Waals surface area contributed by atoms with Crippen molar-refractivity contribution in [3.63, 3.8) is 0 Å². The lowest BCUT2D eigenvalue weighted by molar-refractivity contribution is -0.139. The molecule has 0 radical (unpaired) electrons. The number of aliphatic carboxylic acids is 1. The van der Waals surface area contributed by atoms with Crippen molar-refractivity contribution in [3.8, 4) is 0 Å². The monoisotopic (exact) mass is 270 g/mol. The van der Waals surface area contributed by atoms with Crippen LogP contribution in [0, 0.1) is 11.3 Å². The first-order valence-electron chi connectivity index (χ1n) is 6.51. The van der Waals surface area contributed by atoms with Gasteiger partial charge in [0.2, 0.25) is 0 Å². The molecule has 0 spiro atoms. The predicted molar refractivity (Wildman–Crippen MR) is 75.8 cm³/mol. The molecule has 5 nitrogen and oxygen atoms in total. The Morgan fingerprint density at radius 2 is 1.79 bits per heavy atom. The fraction of sp³-hybridized carbons (Fsp3) is 0.714. The highest BCUT2D eigenvalue weighted by Gasteiger charge is 2.20. The maximum atomic E-state index is 11.6. The van der Waals surface area contributed by atoms with Crippen LogP contribution in [0.1, 0.15) is 48.0 Å². The zero-order chi connectivity index (χ0) is 15.2. The molecule has 0 bridgehead atoms. The molecule has 1 atom stereocenters. The summed E-state index contributed by atoms with van der Waals surface area (Å²) in [7, 11) is 0. The van der Waals surface area contributed by atoms with Gasteiger partial charge in [0, 0.05) is 6.20 Å². The highest BCUT2D eigenvalue weighted by molar-refractivity contribution is 5.82. The number of amides is 2. The molecule has 0 aliphatic heterocycles. The lowest BCUT2D eigenvalue weighted by Gasteiger charge is -2.20. The van der Waals surface area contributed by atoms with E-state index in [-0.39, 0.29) is 11.3 Å². The van der Waals surface area contributed by atoms with Crippen molar-refractivity contribution in [2.45, 2.75) is 54.0 Å². The molecule has 0 aromatic heterocycles. The Morgan fingerprint density at radius 3 is 2.16 bits per heavy atom. The van der Waals surface area contributed by atoms with Crippen LogP contribution in [0.3, 0.4) is 0 Å². The van der Waals surface area contributed by atoms with Crippen molar-refractivity contribution >= 4 is 12.0 Å². The van der Waals surface area contributed by atoms with E-state index in [1.165, 1.54) is 0 Å². The molecule has 19 heavy (non-hydrogen) atoms. The van der Waals surface area contributed by atoms with Crippen LogP contribution in [0.15, 0.2) is 11.8 Å². The highest BCUT2D eigenvalue weighted by atomic mass is 16.4. The third-order valence-electron chi connectivity index (χ3n) is 2.91. The minimum atomic E-state index is -1.01. The van der Waals surface area contributed by atoms with Crippen molar-refractivity contribution in [3.05, 3.63) is 11.8 Å². The Labute approximate surface area is 115 Å². The van der Waals surface area contributed by atoms with Crippen molar-refractivity contribution in [1.82, 2.24) is 10.6 Å². The van der Waals surface area contributed by atoms with Gasteiger partial charge in [-0.1, -0.05) is 40.2 Å². The third kappa shape index (κ3) is 7.49. The second kappa shape index (κ2) is 7.16. The standard InChI is InChI=1S/C14H26N2O3/c1-9(2)7-11(12(17)18)16-13(19)15-8-10(3)14(4,5)6/h8-9,11H,7H2,1-6H3,(H,17,18)(H2,15,16,19)/b10-8+. The molecule has 5 heteroatoms. The van der Waals surface area contributed by atoms with Crippen LogP contribution in [-0.2, 0) is 4.79 Å². The summed E-state index contributed by atoms with van der Waals surface area (Å²) in [5.74, 6) is -0.811. The third-order valence-corrected chi connectivity index (χ3v) is 2.91. The van der Waals surface area contributed by atoms with E-state index in [1.54, 1.807) is 6.20 Å². The first-order valence-corrected chi connectivity index (χ1v) is 6.51. The number of carbonyl (C=O) groups excluding carboxylic acids is 1. The number of carboxylic acids is 1. The molecule has 0 aromatic carbocycles. The maximum absolute atomic E-state index is 11.6. The Morgan fingerprint density at radius 1 is 1.26 bits per heavy atom. The number of nitrogens with one attached hydrogen (secondary N) is 2. The molecule has 3 N–H and O–H groups in total. The van der Waals surface area contributed by atoms with Gasteiger partial charge in [-0.2, -0.15) is 0 Å². The van der Waals surface area contributed by atoms with Crippen LogP contribution in [0.25, 0.3) is 0 Å². The smallest absolute Gasteiger partial charge is 0.326 e. The van der Waals surface area contributed by atoms with Crippen LogP contribution >= 0.6 is 0 Å². The number of allylic oxidation sites excluding steroid dienone is 1. The maximum Gasteiger partial charge on any atom is 0.326 e. The van der Waals surface area contributed by atoms with Crippen molar-refractivity contribution in [1.29, 1.82) is 0 Å². The van der Waals surface area contributed by atoms with Gasteiger partial charge in [0.05, 0.1) is 0 Å². The molecule has 110 valence electrons. The molecule has 1 unspecified atom stereocenters. The summed E-state index contributed by atoms with van der Waals surface area (Å²) in [5.41, 5.74) is 0.982. The lowest BCUT2D eigenvalue weighted by atomic mass is 9.88. The van der Waals surface area contributed by atoms with Crippen LogP contribution in [0.5, 0.6) is 0 Å². The Bertz CT molecular complexity index is 354. The number of hydrogen-bond acceptors (Lipinski definition) is 2. The summed E-state index contributed by atoms with van der Waals surface area (Å²) < 4.78 is 0. The lowest BCUT2D eigenvalue weighted by Crippen LogP contribution is -2.45. The predicted octanol–water partition coefficient (Wildman–Crippen LogP) is 2.73. The van der Waals surface area contributed by atoms with Gasteiger partial charge in [-0.05, 0) is 24.7 Å². The van der Waals surface area contributed by atoms with E-state index >= 15 is 0 Å². The zero-order valence-corrected chi connectivity index (χ0v) is 12.7. The van der Waals surface area contributed by atoms with E-state index in [2.05, 4.69) is 10.6 Å². The van der Waals surface area contributed by atoms with Crippen LogP contribution in [0.2, 0.25) is 0 Å². The molecule has 0 saturated carbocycles. The summed E-state index contributed by atoms with van der Waals surface area (Å²) in [6.45, 7) is 11.9. The van der Waals surface area contributed by atoms with Gasteiger partial charge < -0.3 is 15.7 Å². The molecule has 0 rings (SSSR count). The number of carbonyl (C=O) groups is 2. The summed E-state index contributed by atoms with van der Waals surface area (Å²) in [6.07, 6.45) is 2.02. The molecule has 0 aromatic rings. The van der Waals surface area contributed by atoms with E-state index in [4.69, 9.17) is 5.11 Å². The Hall–Kier alpha value is -1.52. The highest BCUT2D eigenvalue weighted by Crippen LogP contribution is 2.23.